The van der Waals surface area contributed by atoms with Gasteiger partial charge in [-0.15, -0.1) is 0 Å². The minimum atomic E-state index is -3.12. The maximum Gasteiger partial charge on any atom is 0.254 e. The number of methoxy groups -OCH3 is 1. The lowest BCUT2D eigenvalue weighted by Crippen LogP contribution is -2.40. The van der Waals surface area contributed by atoms with Crippen molar-refractivity contribution in [1.29, 1.82) is 0 Å². The SMILES string of the molecule is CCCCCOc1ccc(C(=O)N(Cc2cccc(OC)c2)[C@@H]2CCS(=O)(=O)C2)cc1. The van der Waals surface area contributed by atoms with Gasteiger partial charge in [0.25, 0.3) is 5.91 Å². The summed E-state index contributed by atoms with van der Waals surface area (Å²) in [7, 11) is -1.53. The van der Waals surface area contributed by atoms with Gasteiger partial charge in [-0.1, -0.05) is 31.9 Å². The first kappa shape index (κ1) is 23.1. The minimum Gasteiger partial charge on any atom is -0.497 e. The van der Waals surface area contributed by atoms with Crippen molar-refractivity contribution in [2.24, 2.45) is 0 Å². The Kier molecular flexibility index (Phi) is 7.96. The van der Waals surface area contributed by atoms with Gasteiger partial charge in [0.1, 0.15) is 11.5 Å². The predicted molar refractivity (Wildman–Crippen MR) is 121 cm³/mol. The third kappa shape index (κ3) is 6.47. The smallest absolute Gasteiger partial charge is 0.254 e. The number of benzene rings is 2. The van der Waals surface area contributed by atoms with Crippen LogP contribution in [0.4, 0.5) is 0 Å². The van der Waals surface area contributed by atoms with Crippen molar-refractivity contribution in [2.45, 2.75) is 45.2 Å². The van der Waals surface area contributed by atoms with Gasteiger partial charge >= 0.3 is 0 Å². The number of nitrogens with zero attached hydrogens (tertiary/aromatic N) is 1. The summed E-state index contributed by atoms with van der Waals surface area (Å²) < 4.78 is 35.2. The molecule has 0 bridgehead atoms. The van der Waals surface area contributed by atoms with Crippen molar-refractivity contribution in [3.8, 4) is 11.5 Å². The van der Waals surface area contributed by atoms with Crippen LogP contribution in [0.1, 0.15) is 48.5 Å². The third-order valence-corrected chi connectivity index (χ3v) is 7.27. The summed E-state index contributed by atoms with van der Waals surface area (Å²) in [6.07, 6.45) is 3.72. The Morgan fingerprint density at radius 2 is 1.87 bits per heavy atom. The molecule has 2 aromatic carbocycles. The molecule has 0 spiro atoms. The number of unbranched alkanes of at least 4 members (excludes halogenated alkanes) is 2. The molecule has 1 aliphatic heterocycles. The van der Waals surface area contributed by atoms with Crippen LogP contribution in [0.2, 0.25) is 0 Å². The molecule has 0 saturated carbocycles. The molecule has 0 aromatic heterocycles. The van der Waals surface area contributed by atoms with Gasteiger partial charge in [-0.05, 0) is 54.8 Å². The van der Waals surface area contributed by atoms with E-state index in [-0.39, 0.29) is 23.5 Å². The molecular weight excluding hydrogens is 414 g/mol. The highest BCUT2D eigenvalue weighted by atomic mass is 32.2. The summed E-state index contributed by atoms with van der Waals surface area (Å²) in [6.45, 7) is 3.13. The van der Waals surface area contributed by atoms with Crippen LogP contribution in [0.15, 0.2) is 48.5 Å². The zero-order valence-corrected chi connectivity index (χ0v) is 19.1. The molecule has 168 valence electrons. The number of hydrogen-bond donors (Lipinski definition) is 0. The Morgan fingerprint density at radius 1 is 1.10 bits per heavy atom. The van der Waals surface area contributed by atoms with E-state index in [1.54, 1.807) is 36.3 Å². The average molecular weight is 446 g/mol. The first-order chi connectivity index (χ1) is 14.9. The minimum absolute atomic E-state index is 0.00132. The topological polar surface area (TPSA) is 72.9 Å². The molecule has 0 radical (unpaired) electrons. The molecule has 1 amide bonds. The van der Waals surface area contributed by atoms with Gasteiger partial charge in [0, 0.05) is 18.2 Å². The standard InChI is InChI=1S/C24H31NO5S/c1-3-4-5-14-30-22-11-9-20(10-12-22)24(26)25(21-13-15-31(27,28)18-21)17-19-7-6-8-23(16-19)29-2/h6-12,16,21H,3-5,13-15,17-18H2,1-2H3/t21-/m1/s1. The van der Waals surface area contributed by atoms with Gasteiger partial charge in [0.05, 0.1) is 25.2 Å². The van der Waals surface area contributed by atoms with E-state index in [0.717, 1.165) is 30.6 Å². The number of amides is 1. The highest BCUT2D eigenvalue weighted by Crippen LogP contribution is 2.24. The first-order valence-electron chi connectivity index (χ1n) is 10.8. The number of sulfone groups is 1. The van der Waals surface area contributed by atoms with Gasteiger partial charge in [-0.25, -0.2) is 8.42 Å². The molecule has 1 aliphatic rings. The van der Waals surface area contributed by atoms with Crippen LogP contribution in [0.5, 0.6) is 11.5 Å². The molecule has 0 unspecified atom stereocenters. The lowest BCUT2D eigenvalue weighted by molar-refractivity contribution is 0.0680. The maximum atomic E-state index is 13.4. The molecule has 7 heteroatoms. The summed E-state index contributed by atoms with van der Waals surface area (Å²) in [5.41, 5.74) is 1.42. The Hall–Kier alpha value is -2.54. The molecule has 2 aromatic rings. The van der Waals surface area contributed by atoms with Crippen LogP contribution < -0.4 is 9.47 Å². The normalized spacial score (nSPS) is 17.3. The highest BCUT2D eigenvalue weighted by molar-refractivity contribution is 7.91. The summed E-state index contributed by atoms with van der Waals surface area (Å²) >= 11 is 0. The van der Waals surface area contributed by atoms with Gasteiger partial charge in [0.2, 0.25) is 0 Å². The Balaban J connectivity index is 1.77. The largest absolute Gasteiger partial charge is 0.497 e. The van der Waals surface area contributed by atoms with E-state index in [1.807, 2.05) is 24.3 Å². The van der Waals surface area contributed by atoms with Crippen LogP contribution in [0.3, 0.4) is 0 Å². The van der Waals surface area contributed by atoms with E-state index in [2.05, 4.69) is 6.92 Å². The molecular formula is C24H31NO5S. The summed E-state index contributed by atoms with van der Waals surface area (Å²) in [5.74, 6) is 1.37. The summed E-state index contributed by atoms with van der Waals surface area (Å²) in [5, 5.41) is 0. The van der Waals surface area contributed by atoms with Crippen molar-refractivity contribution < 1.29 is 22.7 Å². The van der Waals surface area contributed by atoms with E-state index in [4.69, 9.17) is 9.47 Å². The van der Waals surface area contributed by atoms with Crippen molar-refractivity contribution >= 4 is 15.7 Å². The Labute approximate surface area is 185 Å². The molecule has 1 fully saturated rings. The molecule has 1 heterocycles. The first-order valence-corrected chi connectivity index (χ1v) is 12.6. The molecule has 6 nitrogen and oxygen atoms in total. The monoisotopic (exact) mass is 445 g/mol. The quantitative estimate of drug-likeness (QED) is 0.515. The van der Waals surface area contributed by atoms with Crippen LogP contribution in [-0.4, -0.2) is 50.5 Å². The fourth-order valence-corrected chi connectivity index (χ4v) is 5.49. The Bertz CT molecular complexity index is 972. The zero-order valence-electron chi connectivity index (χ0n) is 18.2. The van der Waals surface area contributed by atoms with Gasteiger partial charge in [-0.3, -0.25) is 4.79 Å². The number of carbonyl (C=O) groups excluding carboxylic acids is 1. The second-order valence-corrected chi connectivity index (χ2v) is 10.2. The van der Waals surface area contributed by atoms with Crippen LogP contribution in [0.25, 0.3) is 0 Å². The number of carbonyl (C=O) groups is 1. The van der Waals surface area contributed by atoms with E-state index >= 15 is 0 Å². The van der Waals surface area contributed by atoms with Crippen LogP contribution in [-0.2, 0) is 16.4 Å². The fourth-order valence-electron chi connectivity index (χ4n) is 3.76. The molecule has 0 N–H and O–H groups in total. The lowest BCUT2D eigenvalue weighted by Gasteiger charge is -2.29. The summed E-state index contributed by atoms with van der Waals surface area (Å²) in [4.78, 5) is 15.0. The molecule has 0 aliphatic carbocycles. The van der Waals surface area contributed by atoms with E-state index in [1.165, 1.54) is 0 Å². The third-order valence-electron chi connectivity index (χ3n) is 5.51. The lowest BCUT2D eigenvalue weighted by atomic mass is 10.1. The summed E-state index contributed by atoms with van der Waals surface area (Å²) in [6, 6.07) is 14.3. The van der Waals surface area contributed by atoms with E-state index in [9.17, 15) is 13.2 Å². The van der Waals surface area contributed by atoms with Crippen molar-refractivity contribution in [3.63, 3.8) is 0 Å². The predicted octanol–water partition coefficient (Wildman–Crippen LogP) is 4.09. The molecule has 31 heavy (non-hydrogen) atoms. The van der Waals surface area contributed by atoms with E-state index in [0.29, 0.717) is 30.9 Å². The molecule has 3 rings (SSSR count). The second-order valence-electron chi connectivity index (χ2n) is 7.92. The average Bonchev–Trinajstić information content (AvgIpc) is 3.14. The van der Waals surface area contributed by atoms with Crippen molar-refractivity contribution in [3.05, 3.63) is 59.7 Å². The Morgan fingerprint density at radius 3 is 2.52 bits per heavy atom. The van der Waals surface area contributed by atoms with Gasteiger partial charge < -0.3 is 14.4 Å². The van der Waals surface area contributed by atoms with Gasteiger partial charge in [0.15, 0.2) is 9.84 Å². The van der Waals surface area contributed by atoms with Crippen LogP contribution >= 0.6 is 0 Å². The second kappa shape index (κ2) is 10.7. The fraction of sp³-hybridized carbons (Fsp3) is 0.458. The van der Waals surface area contributed by atoms with E-state index < -0.39 is 9.84 Å². The molecule has 1 atom stereocenters. The molecule has 1 saturated heterocycles. The van der Waals surface area contributed by atoms with Crippen LogP contribution in [0, 0.1) is 0 Å². The number of hydrogen-bond acceptors (Lipinski definition) is 5. The van der Waals surface area contributed by atoms with Crippen molar-refractivity contribution in [2.75, 3.05) is 25.2 Å². The highest BCUT2D eigenvalue weighted by Gasteiger charge is 2.35. The zero-order chi connectivity index (χ0) is 22.3. The maximum absolute atomic E-state index is 13.4. The van der Waals surface area contributed by atoms with Gasteiger partial charge in [-0.2, -0.15) is 0 Å². The number of rotatable bonds is 10. The van der Waals surface area contributed by atoms with Crippen molar-refractivity contribution in [1.82, 2.24) is 4.90 Å². The number of ether oxygens (including phenoxy) is 2.